The van der Waals surface area contributed by atoms with Gasteiger partial charge in [-0.3, -0.25) is 9.13 Å². The maximum Gasteiger partial charge on any atom is 0.389 e. The van der Waals surface area contributed by atoms with E-state index in [9.17, 15) is 18.0 Å². The van der Waals surface area contributed by atoms with Crippen LogP contribution in [0.2, 0.25) is 0 Å². The predicted molar refractivity (Wildman–Crippen MR) is 67.2 cm³/mol. The number of hydrogen-bond acceptors (Lipinski definition) is 1. The van der Waals surface area contributed by atoms with E-state index in [4.69, 9.17) is 0 Å². The summed E-state index contributed by atoms with van der Waals surface area (Å²) in [5.74, 6) is 0. The van der Waals surface area contributed by atoms with E-state index in [1.165, 1.54) is 4.57 Å². The lowest BCUT2D eigenvalue weighted by molar-refractivity contribution is -0.135. The molecule has 0 aliphatic rings. The number of para-hydroxylation sites is 2. The number of fused-ring (bicyclic) bond motifs is 1. The minimum absolute atomic E-state index is 0.0822. The second-order valence-corrected chi connectivity index (χ2v) is 4.39. The van der Waals surface area contributed by atoms with Gasteiger partial charge in [0, 0.05) is 19.5 Å². The molecule has 0 amide bonds. The fraction of sp³-hybridized carbons (Fsp3) is 0.462. The summed E-state index contributed by atoms with van der Waals surface area (Å²) in [6.07, 6.45) is -5.13. The average molecular weight is 272 g/mol. The summed E-state index contributed by atoms with van der Waals surface area (Å²) in [4.78, 5) is 12.1. The first-order valence-corrected chi connectivity index (χ1v) is 6.19. The molecule has 3 nitrogen and oxygen atoms in total. The number of imidazole rings is 1. The lowest BCUT2D eigenvalue weighted by Crippen LogP contribution is -2.24. The molecule has 1 aromatic carbocycles. The molecular weight excluding hydrogens is 257 g/mol. The van der Waals surface area contributed by atoms with E-state index in [1.54, 1.807) is 22.8 Å². The van der Waals surface area contributed by atoms with E-state index in [2.05, 4.69) is 0 Å². The molecule has 2 aromatic rings. The molecule has 0 unspecified atom stereocenters. The summed E-state index contributed by atoms with van der Waals surface area (Å²) in [5, 5.41) is 0. The van der Waals surface area contributed by atoms with Crippen LogP contribution in [0.4, 0.5) is 13.2 Å². The zero-order chi connectivity index (χ0) is 14.0. The summed E-state index contributed by atoms with van der Waals surface area (Å²) in [7, 11) is 0. The number of aromatic nitrogens is 2. The van der Waals surface area contributed by atoms with Crippen molar-refractivity contribution in [2.24, 2.45) is 0 Å². The Balaban J connectivity index is 2.33. The van der Waals surface area contributed by atoms with Gasteiger partial charge >= 0.3 is 11.9 Å². The number of nitrogens with zero attached hydrogens (tertiary/aromatic N) is 2. The van der Waals surface area contributed by atoms with Crippen molar-refractivity contribution in [3.63, 3.8) is 0 Å². The van der Waals surface area contributed by atoms with Gasteiger partial charge in [0.2, 0.25) is 0 Å². The Morgan fingerprint density at radius 3 is 2.21 bits per heavy atom. The van der Waals surface area contributed by atoms with Crippen molar-refractivity contribution < 1.29 is 13.2 Å². The molecule has 0 aliphatic heterocycles. The SMILES string of the molecule is CCn1c(=O)n(CCCC(F)(F)F)c2ccccc21. The topological polar surface area (TPSA) is 26.9 Å². The molecule has 0 saturated carbocycles. The van der Waals surface area contributed by atoms with Crippen LogP contribution in [-0.2, 0) is 13.1 Å². The third kappa shape index (κ3) is 2.83. The number of aryl methyl sites for hydroxylation is 2. The van der Waals surface area contributed by atoms with Crippen molar-refractivity contribution in [2.75, 3.05) is 0 Å². The van der Waals surface area contributed by atoms with Crippen LogP contribution in [0.1, 0.15) is 19.8 Å². The lowest BCUT2D eigenvalue weighted by atomic mass is 10.3. The molecule has 0 spiro atoms. The molecular formula is C13H15F3N2O. The van der Waals surface area contributed by atoms with Crippen LogP contribution in [0.15, 0.2) is 29.1 Å². The van der Waals surface area contributed by atoms with Crippen LogP contribution in [0.3, 0.4) is 0 Å². The molecule has 0 aliphatic carbocycles. The molecule has 1 heterocycles. The summed E-state index contributed by atoms with van der Waals surface area (Å²) >= 11 is 0. The highest BCUT2D eigenvalue weighted by molar-refractivity contribution is 5.75. The van der Waals surface area contributed by atoms with Gasteiger partial charge in [-0.2, -0.15) is 13.2 Å². The molecule has 0 saturated heterocycles. The molecule has 6 heteroatoms. The van der Waals surface area contributed by atoms with Crippen molar-refractivity contribution in [1.29, 1.82) is 0 Å². The van der Waals surface area contributed by atoms with E-state index in [0.717, 1.165) is 5.52 Å². The van der Waals surface area contributed by atoms with Gasteiger partial charge in [0.05, 0.1) is 11.0 Å². The van der Waals surface area contributed by atoms with Crippen molar-refractivity contribution >= 4 is 11.0 Å². The van der Waals surface area contributed by atoms with Crippen molar-refractivity contribution in [3.05, 3.63) is 34.7 Å². The lowest BCUT2D eigenvalue weighted by Gasteiger charge is -2.06. The largest absolute Gasteiger partial charge is 0.389 e. The van der Waals surface area contributed by atoms with E-state index >= 15 is 0 Å². The Hall–Kier alpha value is -1.72. The minimum Gasteiger partial charge on any atom is -0.292 e. The minimum atomic E-state index is -4.17. The highest BCUT2D eigenvalue weighted by atomic mass is 19.4. The summed E-state index contributed by atoms with van der Waals surface area (Å²) in [5.41, 5.74) is 1.21. The van der Waals surface area contributed by atoms with Crippen LogP contribution in [0.5, 0.6) is 0 Å². The Bertz CT molecular complexity index is 625. The van der Waals surface area contributed by atoms with Gasteiger partial charge in [-0.05, 0) is 25.5 Å². The Morgan fingerprint density at radius 1 is 1.11 bits per heavy atom. The van der Waals surface area contributed by atoms with E-state index in [1.807, 2.05) is 13.0 Å². The van der Waals surface area contributed by atoms with Crippen LogP contribution >= 0.6 is 0 Å². The standard InChI is InChI=1S/C13H15F3N2O/c1-2-17-10-6-3-4-7-11(10)18(12(17)19)9-5-8-13(14,15)16/h3-4,6-7H,2,5,8-9H2,1H3. The molecule has 0 radical (unpaired) electrons. The van der Waals surface area contributed by atoms with E-state index in [-0.39, 0.29) is 18.7 Å². The van der Waals surface area contributed by atoms with Crippen LogP contribution in [0, 0.1) is 0 Å². The van der Waals surface area contributed by atoms with Gasteiger partial charge in [-0.15, -0.1) is 0 Å². The Morgan fingerprint density at radius 2 is 1.68 bits per heavy atom. The maximum absolute atomic E-state index is 12.2. The first kappa shape index (κ1) is 13.7. The first-order chi connectivity index (χ1) is 8.94. The molecule has 0 atom stereocenters. The molecule has 0 bridgehead atoms. The van der Waals surface area contributed by atoms with Gasteiger partial charge in [-0.25, -0.2) is 4.79 Å². The monoisotopic (exact) mass is 272 g/mol. The number of rotatable bonds is 4. The summed E-state index contributed by atoms with van der Waals surface area (Å²) in [6.45, 7) is 2.44. The van der Waals surface area contributed by atoms with Crippen LogP contribution in [-0.4, -0.2) is 15.3 Å². The number of hydrogen-bond donors (Lipinski definition) is 0. The first-order valence-electron chi connectivity index (χ1n) is 6.19. The van der Waals surface area contributed by atoms with Gasteiger partial charge in [0.25, 0.3) is 0 Å². The molecule has 104 valence electrons. The van der Waals surface area contributed by atoms with Crippen molar-refractivity contribution in [1.82, 2.24) is 9.13 Å². The Labute approximate surface area is 108 Å². The second kappa shape index (κ2) is 5.11. The van der Waals surface area contributed by atoms with Crippen LogP contribution < -0.4 is 5.69 Å². The number of halogens is 3. The van der Waals surface area contributed by atoms with E-state index in [0.29, 0.717) is 12.1 Å². The summed E-state index contributed by atoms with van der Waals surface area (Å²) < 4.78 is 39.4. The fourth-order valence-electron chi connectivity index (χ4n) is 2.23. The van der Waals surface area contributed by atoms with Crippen LogP contribution in [0.25, 0.3) is 11.0 Å². The fourth-order valence-corrected chi connectivity index (χ4v) is 2.23. The van der Waals surface area contributed by atoms with E-state index < -0.39 is 12.6 Å². The van der Waals surface area contributed by atoms with Gasteiger partial charge < -0.3 is 0 Å². The highest BCUT2D eigenvalue weighted by Gasteiger charge is 2.26. The van der Waals surface area contributed by atoms with Gasteiger partial charge in [0.15, 0.2) is 0 Å². The Kier molecular flexibility index (Phi) is 3.68. The molecule has 0 fully saturated rings. The molecule has 1 aromatic heterocycles. The number of alkyl halides is 3. The second-order valence-electron chi connectivity index (χ2n) is 4.39. The van der Waals surface area contributed by atoms with Crippen molar-refractivity contribution in [2.45, 2.75) is 39.0 Å². The third-order valence-corrected chi connectivity index (χ3v) is 3.08. The smallest absolute Gasteiger partial charge is 0.292 e. The zero-order valence-corrected chi connectivity index (χ0v) is 10.6. The summed E-state index contributed by atoms with van der Waals surface area (Å²) in [6, 6.07) is 7.16. The average Bonchev–Trinajstić information content (AvgIpc) is 2.61. The molecule has 2 rings (SSSR count). The zero-order valence-electron chi connectivity index (χ0n) is 10.6. The quantitative estimate of drug-likeness (QED) is 0.839. The normalized spacial score (nSPS) is 12.2. The van der Waals surface area contributed by atoms with Gasteiger partial charge in [0.1, 0.15) is 0 Å². The predicted octanol–water partition coefficient (Wildman–Crippen LogP) is 3.17. The third-order valence-electron chi connectivity index (χ3n) is 3.08. The van der Waals surface area contributed by atoms with Gasteiger partial charge in [-0.1, -0.05) is 12.1 Å². The van der Waals surface area contributed by atoms with Crippen molar-refractivity contribution in [3.8, 4) is 0 Å². The molecule has 0 N–H and O–H groups in total. The number of benzene rings is 1. The molecule has 19 heavy (non-hydrogen) atoms. The highest BCUT2D eigenvalue weighted by Crippen LogP contribution is 2.22. The maximum atomic E-state index is 12.2.